The van der Waals surface area contributed by atoms with Crippen molar-refractivity contribution in [2.45, 2.75) is 44.1 Å². The Bertz CT molecular complexity index is 819. The quantitative estimate of drug-likeness (QED) is 0.769. The summed E-state index contributed by atoms with van der Waals surface area (Å²) >= 11 is 0. The molecule has 0 saturated carbocycles. The van der Waals surface area contributed by atoms with Crippen LogP contribution in [0.4, 0.5) is 4.79 Å². The van der Waals surface area contributed by atoms with Gasteiger partial charge in [0.05, 0.1) is 0 Å². The molecule has 2 aromatic carbocycles. The number of fused-ring (bicyclic) bond motifs is 3. The summed E-state index contributed by atoms with van der Waals surface area (Å²) in [6.45, 7) is 2.34. The summed E-state index contributed by atoms with van der Waals surface area (Å²) in [5, 5.41) is 0. The average Bonchev–Trinajstić information content (AvgIpc) is 3.12. The van der Waals surface area contributed by atoms with Crippen LogP contribution in [0.15, 0.2) is 48.5 Å². The van der Waals surface area contributed by atoms with Gasteiger partial charge in [0.2, 0.25) is 0 Å². The van der Waals surface area contributed by atoms with Gasteiger partial charge >= 0.3 is 6.09 Å². The van der Waals surface area contributed by atoms with E-state index in [2.05, 4.69) is 41.3 Å². The van der Waals surface area contributed by atoms with E-state index in [1.807, 2.05) is 12.1 Å². The highest BCUT2D eigenvalue weighted by Gasteiger charge is 2.39. The fourth-order valence-electron chi connectivity index (χ4n) is 4.84. The lowest BCUT2D eigenvalue weighted by molar-refractivity contribution is 0.170. The first-order valence-electron chi connectivity index (χ1n) is 10.4. The zero-order valence-corrected chi connectivity index (χ0v) is 16.9. The summed E-state index contributed by atoms with van der Waals surface area (Å²) in [6.07, 6.45) is 5.40. The summed E-state index contributed by atoms with van der Waals surface area (Å²) in [6, 6.07) is 17.6. The number of carbonyl (C=O) groups excluding carboxylic acids is 1. The van der Waals surface area contributed by atoms with E-state index >= 15 is 0 Å². The predicted octanol–water partition coefficient (Wildman–Crippen LogP) is 4.48. The Morgan fingerprint density at radius 3 is 2.71 bits per heavy atom. The van der Waals surface area contributed by atoms with E-state index in [0.717, 1.165) is 25.0 Å². The molecule has 1 amide bonds. The lowest BCUT2D eigenvalue weighted by atomic mass is 9.79. The van der Waals surface area contributed by atoms with Gasteiger partial charge < -0.3 is 9.64 Å². The van der Waals surface area contributed by atoms with Crippen LogP contribution in [0.5, 0.6) is 5.75 Å². The van der Waals surface area contributed by atoms with E-state index in [4.69, 9.17) is 4.74 Å². The minimum atomic E-state index is -0.301. The Kier molecular flexibility index (Phi) is 5.67. The minimum Gasteiger partial charge on any atom is -0.410 e. The van der Waals surface area contributed by atoms with Gasteiger partial charge in [-0.25, -0.2) is 4.79 Å². The van der Waals surface area contributed by atoms with Crippen LogP contribution in [0.3, 0.4) is 0 Å². The van der Waals surface area contributed by atoms with E-state index < -0.39 is 0 Å². The molecule has 0 N–H and O–H groups in total. The van der Waals surface area contributed by atoms with Gasteiger partial charge in [-0.1, -0.05) is 42.5 Å². The van der Waals surface area contributed by atoms with E-state index in [0.29, 0.717) is 12.0 Å². The third-order valence-electron chi connectivity index (χ3n) is 6.24. The highest BCUT2D eigenvalue weighted by atomic mass is 16.6. The topological polar surface area (TPSA) is 32.8 Å². The summed E-state index contributed by atoms with van der Waals surface area (Å²) in [5.41, 5.74) is 4.07. The van der Waals surface area contributed by atoms with Crippen LogP contribution in [-0.2, 0) is 12.8 Å². The van der Waals surface area contributed by atoms with E-state index in [9.17, 15) is 4.79 Å². The van der Waals surface area contributed by atoms with Gasteiger partial charge in [0.1, 0.15) is 5.75 Å². The van der Waals surface area contributed by atoms with Crippen LogP contribution in [0.25, 0.3) is 0 Å². The van der Waals surface area contributed by atoms with Gasteiger partial charge in [0.25, 0.3) is 0 Å². The number of likely N-dealkylation sites (tertiary alicyclic amines) is 1. The molecule has 1 aliphatic heterocycles. The molecule has 0 spiro atoms. The van der Waals surface area contributed by atoms with Gasteiger partial charge in [-0.2, -0.15) is 0 Å². The Morgan fingerprint density at radius 1 is 1.11 bits per heavy atom. The standard InChI is InChI=1S/C24H30N2O2/c1-25(2)24(27)28-23-12-6-11-19-20-15-17-26(22(20)14-13-21(19)23)16-7-10-18-8-4-3-5-9-18/h3-6,8-9,11-12,20,22H,7,10,13-17H2,1-2H3/t20-,22+/m1/s1. The number of amides is 1. The Labute approximate surface area is 168 Å². The molecule has 0 radical (unpaired) electrons. The van der Waals surface area contributed by atoms with Crippen LogP contribution in [0.1, 0.15) is 41.9 Å². The molecule has 1 aliphatic carbocycles. The third kappa shape index (κ3) is 3.93. The monoisotopic (exact) mass is 378 g/mol. The van der Waals surface area contributed by atoms with Crippen LogP contribution in [0, 0.1) is 0 Å². The van der Waals surface area contributed by atoms with Crippen molar-refractivity contribution in [3.05, 3.63) is 65.2 Å². The van der Waals surface area contributed by atoms with Gasteiger partial charge in [0, 0.05) is 26.1 Å². The molecule has 0 aromatic heterocycles. The lowest BCUT2D eigenvalue weighted by Crippen LogP contribution is -2.36. The number of rotatable bonds is 5. The van der Waals surface area contributed by atoms with Gasteiger partial charge in [-0.3, -0.25) is 4.90 Å². The number of aryl methyl sites for hydroxylation is 1. The van der Waals surface area contributed by atoms with Crippen molar-refractivity contribution in [1.29, 1.82) is 0 Å². The van der Waals surface area contributed by atoms with Crippen LogP contribution >= 0.6 is 0 Å². The zero-order valence-electron chi connectivity index (χ0n) is 16.9. The van der Waals surface area contributed by atoms with Crippen molar-refractivity contribution >= 4 is 6.09 Å². The normalized spacial score (nSPS) is 21.1. The molecule has 1 heterocycles. The molecule has 1 saturated heterocycles. The maximum atomic E-state index is 12.0. The minimum absolute atomic E-state index is 0.301. The van der Waals surface area contributed by atoms with E-state index in [1.165, 1.54) is 47.5 Å². The fraction of sp³-hybridized carbons (Fsp3) is 0.458. The number of carbonyl (C=O) groups is 1. The highest BCUT2D eigenvalue weighted by molar-refractivity contribution is 5.70. The molecule has 4 nitrogen and oxygen atoms in total. The maximum absolute atomic E-state index is 12.0. The van der Waals surface area contributed by atoms with Crippen molar-refractivity contribution in [2.24, 2.45) is 0 Å². The second-order valence-corrected chi connectivity index (χ2v) is 8.21. The molecule has 4 heteroatoms. The van der Waals surface area contributed by atoms with Crippen molar-refractivity contribution in [1.82, 2.24) is 9.80 Å². The van der Waals surface area contributed by atoms with Gasteiger partial charge in [-0.15, -0.1) is 0 Å². The molecule has 2 aromatic rings. The number of ether oxygens (including phenoxy) is 1. The number of benzene rings is 2. The summed E-state index contributed by atoms with van der Waals surface area (Å²) < 4.78 is 5.64. The zero-order chi connectivity index (χ0) is 19.5. The van der Waals surface area contributed by atoms with Crippen LogP contribution in [-0.4, -0.2) is 49.1 Å². The van der Waals surface area contributed by atoms with Gasteiger partial charge in [0.15, 0.2) is 0 Å². The molecule has 28 heavy (non-hydrogen) atoms. The Morgan fingerprint density at radius 2 is 1.93 bits per heavy atom. The van der Waals surface area contributed by atoms with E-state index in [1.54, 1.807) is 14.1 Å². The first-order valence-corrected chi connectivity index (χ1v) is 10.4. The first-order chi connectivity index (χ1) is 13.6. The molecule has 2 aliphatic rings. The van der Waals surface area contributed by atoms with Crippen molar-refractivity contribution in [3.63, 3.8) is 0 Å². The molecular formula is C24H30N2O2. The maximum Gasteiger partial charge on any atom is 0.414 e. The predicted molar refractivity (Wildman–Crippen MR) is 112 cm³/mol. The molecule has 2 atom stereocenters. The van der Waals surface area contributed by atoms with Gasteiger partial charge in [-0.05, 0) is 68.0 Å². The second-order valence-electron chi connectivity index (χ2n) is 8.21. The largest absolute Gasteiger partial charge is 0.414 e. The molecular weight excluding hydrogens is 348 g/mol. The summed E-state index contributed by atoms with van der Waals surface area (Å²) in [4.78, 5) is 16.2. The van der Waals surface area contributed by atoms with Crippen molar-refractivity contribution < 1.29 is 9.53 Å². The SMILES string of the molecule is CN(C)C(=O)Oc1cccc2c1CC[C@H]1[C@@H]2CCN1CCCc1ccccc1. The number of hydrogen-bond donors (Lipinski definition) is 0. The number of nitrogens with zero attached hydrogens (tertiary/aromatic N) is 2. The average molecular weight is 379 g/mol. The third-order valence-corrected chi connectivity index (χ3v) is 6.24. The smallest absolute Gasteiger partial charge is 0.410 e. The molecule has 0 unspecified atom stereocenters. The Hall–Kier alpha value is -2.33. The summed E-state index contributed by atoms with van der Waals surface area (Å²) in [7, 11) is 3.44. The lowest BCUT2D eigenvalue weighted by Gasteiger charge is -2.34. The van der Waals surface area contributed by atoms with Crippen LogP contribution < -0.4 is 4.74 Å². The molecule has 148 valence electrons. The van der Waals surface area contributed by atoms with Crippen molar-refractivity contribution in [2.75, 3.05) is 27.2 Å². The fourth-order valence-corrected chi connectivity index (χ4v) is 4.84. The highest BCUT2D eigenvalue weighted by Crippen LogP contribution is 2.44. The van der Waals surface area contributed by atoms with Crippen LogP contribution in [0.2, 0.25) is 0 Å². The first kappa shape index (κ1) is 19.0. The Balaban J connectivity index is 1.41. The molecule has 1 fully saturated rings. The molecule has 4 rings (SSSR count). The number of hydrogen-bond acceptors (Lipinski definition) is 3. The van der Waals surface area contributed by atoms with E-state index in [-0.39, 0.29) is 6.09 Å². The van der Waals surface area contributed by atoms with Crippen molar-refractivity contribution in [3.8, 4) is 5.75 Å². The molecule has 0 bridgehead atoms. The second kappa shape index (κ2) is 8.36. The summed E-state index contributed by atoms with van der Waals surface area (Å²) in [5.74, 6) is 1.32.